The van der Waals surface area contributed by atoms with Crippen molar-refractivity contribution in [3.05, 3.63) is 29.8 Å². The Labute approximate surface area is 113 Å². The standard InChI is InChI=1S/C14H20N2O3/c1-11(16-18)3-4-12-5-7-13(8-6-12)19-10-9-14(17)15-2/h5-8,18H,3-4,9-10H2,1-2H3,(H,15,17)/b16-11+. The summed E-state index contributed by atoms with van der Waals surface area (Å²) < 4.78 is 5.46. The van der Waals surface area contributed by atoms with Crippen molar-refractivity contribution in [1.82, 2.24) is 5.32 Å². The molecule has 0 bridgehead atoms. The molecule has 0 aliphatic rings. The molecule has 1 aromatic rings. The van der Waals surface area contributed by atoms with Crippen molar-refractivity contribution in [2.75, 3.05) is 13.7 Å². The number of nitrogens with zero attached hydrogens (tertiary/aromatic N) is 1. The largest absolute Gasteiger partial charge is 0.493 e. The summed E-state index contributed by atoms with van der Waals surface area (Å²) in [5, 5.41) is 14.2. The Morgan fingerprint density at radius 1 is 1.32 bits per heavy atom. The van der Waals surface area contributed by atoms with Crippen LogP contribution in [0.5, 0.6) is 5.75 Å². The van der Waals surface area contributed by atoms with Gasteiger partial charge in [-0.25, -0.2) is 0 Å². The predicted octanol–water partition coefficient (Wildman–Crippen LogP) is 1.98. The van der Waals surface area contributed by atoms with E-state index >= 15 is 0 Å². The number of rotatable bonds is 7. The zero-order valence-electron chi connectivity index (χ0n) is 11.3. The maximum atomic E-state index is 11.0. The molecule has 0 atom stereocenters. The molecule has 1 rings (SSSR count). The maximum absolute atomic E-state index is 11.0. The molecule has 0 saturated carbocycles. The molecule has 1 amide bonds. The summed E-state index contributed by atoms with van der Waals surface area (Å²) in [6.45, 7) is 2.16. The van der Waals surface area contributed by atoms with Crippen LogP contribution in [0.2, 0.25) is 0 Å². The Balaban J connectivity index is 2.37. The fraction of sp³-hybridized carbons (Fsp3) is 0.429. The van der Waals surface area contributed by atoms with Crippen LogP contribution in [0.15, 0.2) is 29.4 Å². The highest BCUT2D eigenvalue weighted by molar-refractivity contribution is 5.81. The Morgan fingerprint density at radius 2 is 2.00 bits per heavy atom. The van der Waals surface area contributed by atoms with E-state index in [4.69, 9.17) is 9.94 Å². The zero-order valence-corrected chi connectivity index (χ0v) is 11.3. The second-order valence-corrected chi connectivity index (χ2v) is 4.25. The first-order chi connectivity index (χ1) is 9.15. The van der Waals surface area contributed by atoms with Crippen molar-refractivity contribution in [2.24, 2.45) is 5.16 Å². The van der Waals surface area contributed by atoms with Crippen LogP contribution in [-0.4, -0.2) is 30.5 Å². The summed E-state index contributed by atoms with van der Waals surface area (Å²) >= 11 is 0. The third kappa shape index (κ3) is 5.90. The van der Waals surface area contributed by atoms with E-state index in [0.717, 1.165) is 24.2 Å². The average Bonchev–Trinajstić information content (AvgIpc) is 2.45. The summed E-state index contributed by atoms with van der Waals surface area (Å²) in [7, 11) is 1.61. The van der Waals surface area contributed by atoms with Gasteiger partial charge in [-0.1, -0.05) is 17.3 Å². The molecule has 0 radical (unpaired) electrons. The summed E-state index contributed by atoms with van der Waals surface area (Å²) in [4.78, 5) is 11.0. The van der Waals surface area contributed by atoms with Gasteiger partial charge in [0.05, 0.1) is 18.7 Å². The van der Waals surface area contributed by atoms with E-state index in [0.29, 0.717) is 18.7 Å². The third-order valence-electron chi connectivity index (χ3n) is 2.75. The Bertz CT molecular complexity index is 427. The number of ether oxygens (including phenoxy) is 1. The predicted molar refractivity (Wildman–Crippen MR) is 73.8 cm³/mol. The first-order valence-corrected chi connectivity index (χ1v) is 6.25. The fourth-order valence-corrected chi connectivity index (χ4v) is 1.51. The zero-order chi connectivity index (χ0) is 14.1. The molecule has 0 unspecified atom stereocenters. The van der Waals surface area contributed by atoms with E-state index < -0.39 is 0 Å². The molecule has 19 heavy (non-hydrogen) atoms. The van der Waals surface area contributed by atoms with Crippen LogP contribution < -0.4 is 10.1 Å². The molecule has 0 aromatic heterocycles. The monoisotopic (exact) mass is 264 g/mol. The molecule has 0 saturated heterocycles. The topological polar surface area (TPSA) is 70.9 Å². The molecule has 0 fully saturated rings. The van der Waals surface area contributed by atoms with Crippen LogP contribution in [0, 0.1) is 0 Å². The number of carbonyl (C=O) groups is 1. The van der Waals surface area contributed by atoms with Crippen LogP contribution in [0.25, 0.3) is 0 Å². The first-order valence-electron chi connectivity index (χ1n) is 6.25. The van der Waals surface area contributed by atoms with Crippen LogP contribution in [0.1, 0.15) is 25.3 Å². The number of amides is 1. The lowest BCUT2D eigenvalue weighted by atomic mass is 10.1. The Morgan fingerprint density at radius 3 is 2.58 bits per heavy atom. The molecule has 0 spiro atoms. The molecule has 5 heteroatoms. The lowest BCUT2D eigenvalue weighted by Gasteiger charge is -2.06. The Hall–Kier alpha value is -2.04. The third-order valence-corrected chi connectivity index (χ3v) is 2.75. The molecular formula is C14H20N2O3. The number of oxime groups is 1. The smallest absolute Gasteiger partial charge is 0.223 e. The number of carbonyl (C=O) groups excluding carboxylic acids is 1. The Kier molecular flexibility index (Phi) is 6.43. The van der Waals surface area contributed by atoms with Gasteiger partial charge >= 0.3 is 0 Å². The van der Waals surface area contributed by atoms with E-state index in [1.54, 1.807) is 14.0 Å². The summed E-state index contributed by atoms with van der Waals surface area (Å²) in [6.07, 6.45) is 1.91. The van der Waals surface area contributed by atoms with Crippen LogP contribution in [-0.2, 0) is 11.2 Å². The highest BCUT2D eigenvalue weighted by Crippen LogP contribution is 2.13. The van der Waals surface area contributed by atoms with Gasteiger partial charge in [-0.2, -0.15) is 0 Å². The molecule has 0 heterocycles. The minimum Gasteiger partial charge on any atom is -0.493 e. The van der Waals surface area contributed by atoms with Gasteiger partial charge in [-0.15, -0.1) is 0 Å². The van der Waals surface area contributed by atoms with Gasteiger partial charge < -0.3 is 15.3 Å². The van der Waals surface area contributed by atoms with Crippen molar-refractivity contribution >= 4 is 11.6 Å². The average molecular weight is 264 g/mol. The summed E-state index contributed by atoms with van der Waals surface area (Å²) in [5.74, 6) is 0.718. The van der Waals surface area contributed by atoms with Crippen molar-refractivity contribution in [3.63, 3.8) is 0 Å². The molecule has 5 nitrogen and oxygen atoms in total. The number of hydrogen-bond donors (Lipinski definition) is 2. The van der Waals surface area contributed by atoms with Crippen molar-refractivity contribution in [1.29, 1.82) is 0 Å². The number of benzene rings is 1. The normalized spacial score (nSPS) is 11.2. The SMILES string of the molecule is CNC(=O)CCOc1ccc(CC/C(C)=N/O)cc1. The van der Waals surface area contributed by atoms with E-state index in [-0.39, 0.29) is 5.91 Å². The maximum Gasteiger partial charge on any atom is 0.223 e. The van der Waals surface area contributed by atoms with Crippen molar-refractivity contribution in [2.45, 2.75) is 26.2 Å². The van der Waals surface area contributed by atoms with E-state index in [2.05, 4.69) is 10.5 Å². The number of nitrogens with one attached hydrogen (secondary N) is 1. The van der Waals surface area contributed by atoms with Crippen LogP contribution in [0.3, 0.4) is 0 Å². The van der Waals surface area contributed by atoms with Crippen molar-refractivity contribution in [3.8, 4) is 5.75 Å². The molecule has 0 aliphatic carbocycles. The van der Waals surface area contributed by atoms with Gasteiger partial charge in [-0.05, 0) is 37.5 Å². The van der Waals surface area contributed by atoms with Crippen LogP contribution >= 0.6 is 0 Å². The minimum absolute atomic E-state index is 0.0320. The van der Waals surface area contributed by atoms with Gasteiger partial charge in [0.1, 0.15) is 5.75 Å². The summed E-state index contributed by atoms with van der Waals surface area (Å²) in [6, 6.07) is 7.70. The highest BCUT2D eigenvalue weighted by Gasteiger charge is 2.00. The quantitative estimate of drug-likeness (QED) is 0.449. The van der Waals surface area contributed by atoms with Crippen LogP contribution in [0.4, 0.5) is 0 Å². The number of hydrogen-bond acceptors (Lipinski definition) is 4. The molecule has 1 aromatic carbocycles. The first kappa shape index (κ1) is 15.0. The second kappa shape index (κ2) is 8.13. The lowest BCUT2D eigenvalue weighted by molar-refractivity contribution is -0.121. The molecule has 0 aliphatic heterocycles. The van der Waals surface area contributed by atoms with Gasteiger partial charge in [0, 0.05) is 7.05 Å². The van der Waals surface area contributed by atoms with E-state index in [1.165, 1.54) is 0 Å². The molecule has 2 N–H and O–H groups in total. The second-order valence-electron chi connectivity index (χ2n) is 4.25. The van der Waals surface area contributed by atoms with Gasteiger partial charge in [0.15, 0.2) is 0 Å². The van der Waals surface area contributed by atoms with E-state index in [9.17, 15) is 4.79 Å². The molecule has 104 valence electrons. The fourth-order valence-electron chi connectivity index (χ4n) is 1.51. The highest BCUT2D eigenvalue weighted by atomic mass is 16.5. The van der Waals surface area contributed by atoms with Gasteiger partial charge in [-0.3, -0.25) is 4.79 Å². The lowest BCUT2D eigenvalue weighted by Crippen LogP contribution is -2.20. The summed E-state index contributed by atoms with van der Waals surface area (Å²) in [5.41, 5.74) is 1.87. The number of aryl methyl sites for hydroxylation is 1. The van der Waals surface area contributed by atoms with Gasteiger partial charge in [0.25, 0.3) is 0 Å². The van der Waals surface area contributed by atoms with Crippen molar-refractivity contribution < 1.29 is 14.7 Å². The minimum atomic E-state index is -0.0320. The van der Waals surface area contributed by atoms with Gasteiger partial charge in [0.2, 0.25) is 5.91 Å². The van der Waals surface area contributed by atoms with E-state index in [1.807, 2.05) is 24.3 Å². The molecular weight excluding hydrogens is 244 g/mol.